The van der Waals surface area contributed by atoms with E-state index in [-0.39, 0.29) is 11.5 Å². The van der Waals surface area contributed by atoms with E-state index in [9.17, 15) is 9.59 Å². The Morgan fingerprint density at radius 1 is 1.32 bits per heavy atom. The highest BCUT2D eigenvalue weighted by Crippen LogP contribution is 2.15. The largest absolute Gasteiger partial charge is 0.422 e. The Morgan fingerprint density at radius 3 is 2.84 bits per heavy atom. The number of fused-ring (bicyclic) bond motifs is 1. The molecule has 0 saturated heterocycles. The molecule has 0 fully saturated rings. The molecule has 2 aromatic rings. The molecular weight excluding hydrogens is 242 g/mol. The van der Waals surface area contributed by atoms with E-state index in [0.717, 1.165) is 23.8 Å². The zero-order valence-corrected chi connectivity index (χ0v) is 11.2. The number of unbranched alkanes of at least 4 members (excludes halogenated alkanes) is 1. The molecule has 0 unspecified atom stereocenters. The minimum Gasteiger partial charge on any atom is -0.422 e. The lowest BCUT2D eigenvalue weighted by Crippen LogP contribution is -2.28. The average Bonchev–Trinajstić information content (AvgIpc) is 2.38. The smallest absolute Gasteiger partial charge is 0.349 e. The molecular formula is C15H17NO3. The van der Waals surface area contributed by atoms with Gasteiger partial charge in [0.1, 0.15) is 11.1 Å². The number of aryl methyl sites for hydroxylation is 1. The van der Waals surface area contributed by atoms with Crippen LogP contribution in [0.2, 0.25) is 0 Å². The lowest BCUT2D eigenvalue weighted by Gasteiger charge is -2.04. The summed E-state index contributed by atoms with van der Waals surface area (Å²) in [6.45, 7) is 4.56. The van der Waals surface area contributed by atoms with Gasteiger partial charge in [-0.1, -0.05) is 25.0 Å². The molecule has 19 heavy (non-hydrogen) atoms. The first-order valence-electron chi connectivity index (χ1n) is 6.44. The van der Waals surface area contributed by atoms with Crippen LogP contribution in [0.5, 0.6) is 0 Å². The number of carbonyl (C=O) groups excluding carboxylic acids is 1. The van der Waals surface area contributed by atoms with E-state index in [0.29, 0.717) is 12.1 Å². The Kier molecular flexibility index (Phi) is 4.00. The van der Waals surface area contributed by atoms with Crippen LogP contribution < -0.4 is 10.9 Å². The van der Waals surface area contributed by atoms with Crippen molar-refractivity contribution < 1.29 is 9.21 Å². The van der Waals surface area contributed by atoms with Crippen molar-refractivity contribution in [3.05, 3.63) is 45.8 Å². The van der Waals surface area contributed by atoms with Crippen LogP contribution in [0.3, 0.4) is 0 Å². The van der Waals surface area contributed by atoms with Gasteiger partial charge < -0.3 is 9.73 Å². The van der Waals surface area contributed by atoms with Gasteiger partial charge in [0.15, 0.2) is 0 Å². The molecule has 1 N–H and O–H groups in total. The van der Waals surface area contributed by atoms with E-state index in [4.69, 9.17) is 4.42 Å². The summed E-state index contributed by atoms with van der Waals surface area (Å²) in [5, 5.41) is 3.49. The molecule has 0 spiro atoms. The molecule has 0 aliphatic carbocycles. The number of amides is 1. The van der Waals surface area contributed by atoms with Gasteiger partial charge in [0.05, 0.1) is 0 Å². The Balaban J connectivity index is 2.35. The maximum Gasteiger partial charge on any atom is 0.349 e. The van der Waals surface area contributed by atoms with Gasteiger partial charge in [-0.3, -0.25) is 4.79 Å². The fourth-order valence-electron chi connectivity index (χ4n) is 1.88. The molecule has 0 saturated carbocycles. The van der Waals surface area contributed by atoms with E-state index in [1.165, 1.54) is 0 Å². The van der Waals surface area contributed by atoms with E-state index in [1.54, 1.807) is 12.1 Å². The number of benzene rings is 1. The number of hydrogen-bond acceptors (Lipinski definition) is 3. The van der Waals surface area contributed by atoms with Crippen molar-refractivity contribution in [1.82, 2.24) is 5.32 Å². The fourth-order valence-corrected chi connectivity index (χ4v) is 1.88. The molecule has 100 valence electrons. The molecule has 1 amide bonds. The Labute approximate surface area is 111 Å². The standard InChI is InChI=1S/C15H17NO3/c1-3-4-7-16-14(17)12-9-11-8-10(2)5-6-13(11)19-15(12)18/h5-6,8-9H,3-4,7H2,1-2H3,(H,16,17). The first-order valence-corrected chi connectivity index (χ1v) is 6.44. The zero-order valence-electron chi connectivity index (χ0n) is 11.2. The number of carbonyl (C=O) groups is 1. The maximum atomic E-state index is 11.9. The number of hydrogen-bond donors (Lipinski definition) is 1. The monoisotopic (exact) mass is 259 g/mol. The molecule has 1 heterocycles. The highest BCUT2D eigenvalue weighted by molar-refractivity contribution is 5.96. The van der Waals surface area contributed by atoms with E-state index in [2.05, 4.69) is 5.32 Å². The second-order valence-electron chi connectivity index (χ2n) is 4.60. The maximum absolute atomic E-state index is 11.9. The summed E-state index contributed by atoms with van der Waals surface area (Å²) in [6, 6.07) is 7.09. The topological polar surface area (TPSA) is 59.3 Å². The van der Waals surface area contributed by atoms with Crippen molar-refractivity contribution in [2.45, 2.75) is 26.7 Å². The van der Waals surface area contributed by atoms with E-state index >= 15 is 0 Å². The minimum atomic E-state index is -0.592. The fraction of sp³-hybridized carbons (Fsp3) is 0.333. The third kappa shape index (κ3) is 3.02. The van der Waals surface area contributed by atoms with Crippen LogP contribution in [0.25, 0.3) is 11.0 Å². The van der Waals surface area contributed by atoms with Crippen molar-refractivity contribution >= 4 is 16.9 Å². The van der Waals surface area contributed by atoms with Crippen molar-refractivity contribution in [3.63, 3.8) is 0 Å². The summed E-state index contributed by atoms with van der Waals surface area (Å²) in [6.07, 6.45) is 1.88. The van der Waals surface area contributed by atoms with Crippen molar-refractivity contribution in [2.24, 2.45) is 0 Å². The number of rotatable bonds is 4. The predicted octanol–water partition coefficient (Wildman–Crippen LogP) is 2.63. The Bertz CT molecular complexity index is 658. The van der Waals surface area contributed by atoms with Crippen LogP contribution in [0.1, 0.15) is 35.7 Å². The van der Waals surface area contributed by atoms with Gasteiger partial charge in [0.25, 0.3) is 5.91 Å². The van der Waals surface area contributed by atoms with Gasteiger partial charge in [-0.15, -0.1) is 0 Å². The molecule has 0 radical (unpaired) electrons. The molecule has 2 rings (SSSR count). The molecule has 4 heteroatoms. The molecule has 0 aliphatic rings. The molecule has 1 aromatic heterocycles. The number of nitrogens with one attached hydrogen (secondary N) is 1. The molecule has 0 aliphatic heterocycles. The summed E-state index contributed by atoms with van der Waals surface area (Å²) < 4.78 is 5.16. The van der Waals surface area contributed by atoms with Gasteiger partial charge in [-0.2, -0.15) is 0 Å². The van der Waals surface area contributed by atoms with Crippen LogP contribution in [0.4, 0.5) is 0 Å². The van der Waals surface area contributed by atoms with Crippen LogP contribution in [-0.4, -0.2) is 12.5 Å². The van der Waals surface area contributed by atoms with Crippen molar-refractivity contribution in [3.8, 4) is 0 Å². The SMILES string of the molecule is CCCCNC(=O)c1cc2cc(C)ccc2oc1=O. The highest BCUT2D eigenvalue weighted by atomic mass is 16.4. The molecule has 4 nitrogen and oxygen atoms in total. The van der Waals surface area contributed by atoms with Gasteiger partial charge in [-0.05, 0) is 31.5 Å². The van der Waals surface area contributed by atoms with Gasteiger partial charge >= 0.3 is 5.63 Å². The summed E-state index contributed by atoms with van der Waals surface area (Å²) in [7, 11) is 0. The Morgan fingerprint density at radius 2 is 2.11 bits per heavy atom. The van der Waals surface area contributed by atoms with E-state index in [1.807, 2.05) is 26.0 Å². The van der Waals surface area contributed by atoms with Gasteiger partial charge in [0, 0.05) is 11.9 Å². The predicted molar refractivity (Wildman–Crippen MR) is 74.5 cm³/mol. The third-order valence-electron chi connectivity index (χ3n) is 2.95. The van der Waals surface area contributed by atoms with E-state index < -0.39 is 5.63 Å². The highest BCUT2D eigenvalue weighted by Gasteiger charge is 2.12. The second kappa shape index (κ2) is 5.69. The summed E-state index contributed by atoms with van der Waals surface area (Å²) in [4.78, 5) is 23.7. The summed E-state index contributed by atoms with van der Waals surface area (Å²) >= 11 is 0. The minimum absolute atomic E-state index is 0.0641. The summed E-state index contributed by atoms with van der Waals surface area (Å²) in [5.41, 5.74) is 1.03. The quantitative estimate of drug-likeness (QED) is 0.678. The molecule has 0 atom stereocenters. The second-order valence-corrected chi connectivity index (χ2v) is 4.60. The Hall–Kier alpha value is -2.10. The van der Waals surface area contributed by atoms with Crippen molar-refractivity contribution in [2.75, 3.05) is 6.54 Å². The van der Waals surface area contributed by atoms with Crippen LogP contribution in [0.15, 0.2) is 33.5 Å². The van der Waals surface area contributed by atoms with Crippen LogP contribution in [0, 0.1) is 6.92 Å². The lowest BCUT2D eigenvalue weighted by atomic mass is 10.1. The third-order valence-corrected chi connectivity index (χ3v) is 2.95. The lowest BCUT2D eigenvalue weighted by molar-refractivity contribution is 0.0949. The van der Waals surface area contributed by atoms with Crippen LogP contribution in [-0.2, 0) is 0 Å². The van der Waals surface area contributed by atoms with Crippen LogP contribution >= 0.6 is 0 Å². The van der Waals surface area contributed by atoms with Gasteiger partial charge in [-0.25, -0.2) is 4.79 Å². The first-order chi connectivity index (χ1) is 9.11. The summed E-state index contributed by atoms with van der Waals surface area (Å²) in [5.74, 6) is -0.370. The van der Waals surface area contributed by atoms with Gasteiger partial charge in [0.2, 0.25) is 0 Å². The average molecular weight is 259 g/mol. The zero-order chi connectivity index (χ0) is 13.8. The first kappa shape index (κ1) is 13.3. The normalized spacial score (nSPS) is 10.6. The molecule has 1 aromatic carbocycles. The van der Waals surface area contributed by atoms with Crippen molar-refractivity contribution in [1.29, 1.82) is 0 Å². The molecule has 0 bridgehead atoms.